The molecule has 2 nitrogen and oxygen atoms in total. The predicted molar refractivity (Wildman–Crippen MR) is 114 cm³/mol. The molecule has 3 aromatic carbocycles. The van der Waals surface area contributed by atoms with Crippen LogP contribution in [0.15, 0.2) is 72.8 Å². The van der Waals surface area contributed by atoms with Gasteiger partial charge in [-0.3, -0.25) is 4.79 Å². The Bertz CT molecular complexity index is 967. The summed E-state index contributed by atoms with van der Waals surface area (Å²) in [6.45, 7) is 2.48. The highest BCUT2D eigenvalue weighted by Gasteiger charge is 2.13. The van der Waals surface area contributed by atoms with Gasteiger partial charge in [-0.2, -0.15) is 0 Å². The van der Waals surface area contributed by atoms with E-state index in [9.17, 15) is 13.6 Å². The van der Waals surface area contributed by atoms with Crippen molar-refractivity contribution in [3.63, 3.8) is 0 Å². The number of halogens is 3. The first-order valence-electron chi connectivity index (χ1n) is 9.13. The molecule has 0 atom stereocenters. The lowest BCUT2D eigenvalue weighted by atomic mass is 10.1. The maximum Gasteiger partial charge on any atom is 0.152 e. The first-order chi connectivity index (χ1) is 13.9. The van der Waals surface area contributed by atoms with Crippen molar-refractivity contribution >= 4 is 29.1 Å². The molecule has 0 saturated carbocycles. The minimum Gasteiger partial charge on any atom is -0.362 e. The van der Waals surface area contributed by atoms with Crippen LogP contribution in [0, 0.1) is 11.6 Å². The van der Waals surface area contributed by atoms with E-state index < -0.39 is 0 Å². The predicted octanol–water partition coefficient (Wildman–Crippen LogP) is 6.43. The lowest BCUT2D eigenvalue weighted by molar-refractivity contribution is -0.112. The Labute approximate surface area is 174 Å². The smallest absolute Gasteiger partial charge is 0.152 e. The average Bonchev–Trinajstić information content (AvgIpc) is 2.69. The van der Waals surface area contributed by atoms with E-state index in [1.165, 1.54) is 37.3 Å². The average molecular weight is 412 g/mol. The van der Waals surface area contributed by atoms with Crippen LogP contribution in [0.5, 0.6) is 0 Å². The minimum atomic E-state index is -0.296. The number of rotatable bonds is 7. The molecule has 0 aliphatic rings. The fourth-order valence-corrected chi connectivity index (χ4v) is 3.18. The highest BCUT2D eigenvalue weighted by Crippen LogP contribution is 2.29. The fourth-order valence-electron chi connectivity index (χ4n) is 3.00. The van der Waals surface area contributed by atoms with Gasteiger partial charge in [0, 0.05) is 23.8 Å². The molecule has 0 amide bonds. The van der Waals surface area contributed by atoms with E-state index in [1.54, 1.807) is 42.5 Å². The SMILES string of the molecule is CC(=O)/C=C/c1cc(Cl)ccc1N(Cc1ccc(F)cc1)Cc1ccc(F)cc1. The molecular formula is C24H20ClF2NO. The van der Waals surface area contributed by atoms with Crippen molar-refractivity contribution in [2.75, 3.05) is 4.90 Å². The summed E-state index contributed by atoms with van der Waals surface area (Å²) in [6, 6.07) is 18.1. The van der Waals surface area contributed by atoms with E-state index in [4.69, 9.17) is 11.6 Å². The molecule has 0 bridgehead atoms. The van der Waals surface area contributed by atoms with Crippen molar-refractivity contribution in [1.29, 1.82) is 0 Å². The Morgan fingerprint density at radius 3 is 1.90 bits per heavy atom. The number of nitrogens with zero attached hydrogens (tertiary/aromatic N) is 1. The van der Waals surface area contributed by atoms with Crippen LogP contribution in [-0.4, -0.2) is 5.78 Å². The van der Waals surface area contributed by atoms with Gasteiger partial charge in [-0.1, -0.05) is 35.9 Å². The largest absolute Gasteiger partial charge is 0.362 e. The van der Waals surface area contributed by atoms with Crippen LogP contribution in [0.1, 0.15) is 23.6 Å². The summed E-state index contributed by atoms with van der Waals surface area (Å²) in [7, 11) is 0. The van der Waals surface area contributed by atoms with Crippen LogP contribution in [-0.2, 0) is 17.9 Å². The molecule has 0 saturated heterocycles. The van der Waals surface area contributed by atoms with Crippen LogP contribution < -0.4 is 4.90 Å². The van der Waals surface area contributed by atoms with Gasteiger partial charge in [-0.05, 0) is 78.2 Å². The van der Waals surface area contributed by atoms with Crippen molar-refractivity contribution in [3.8, 4) is 0 Å². The van der Waals surface area contributed by atoms with E-state index in [0.717, 1.165) is 22.4 Å². The van der Waals surface area contributed by atoms with Gasteiger partial charge in [0.1, 0.15) is 11.6 Å². The summed E-state index contributed by atoms with van der Waals surface area (Å²) in [4.78, 5) is 13.5. The topological polar surface area (TPSA) is 20.3 Å². The number of carbonyl (C=O) groups is 1. The van der Waals surface area contributed by atoms with Crippen molar-refractivity contribution in [1.82, 2.24) is 0 Å². The molecule has 0 radical (unpaired) electrons. The Kier molecular flexibility index (Phi) is 6.78. The van der Waals surface area contributed by atoms with Crippen molar-refractivity contribution in [3.05, 3.63) is 106 Å². The van der Waals surface area contributed by atoms with Crippen molar-refractivity contribution in [2.24, 2.45) is 0 Å². The van der Waals surface area contributed by atoms with Gasteiger partial charge in [-0.25, -0.2) is 8.78 Å². The van der Waals surface area contributed by atoms with Gasteiger partial charge in [0.2, 0.25) is 0 Å². The zero-order valence-corrected chi connectivity index (χ0v) is 16.7. The van der Waals surface area contributed by atoms with Gasteiger partial charge in [0.05, 0.1) is 0 Å². The van der Waals surface area contributed by atoms with Crippen LogP contribution >= 0.6 is 11.6 Å². The normalized spacial score (nSPS) is 11.0. The molecular weight excluding hydrogens is 392 g/mol. The Balaban J connectivity index is 2.00. The van der Waals surface area contributed by atoms with Gasteiger partial charge >= 0.3 is 0 Å². The molecule has 0 N–H and O–H groups in total. The van der Waals surface area contributed by atoms with Crippen LogP contribution in [0.4, 0.5) is 14.5 Å². The maximum absolute atomic E-state index is 13.3. The van der Waals surface area contributed by atoms with Gasteiger partial charge in [0.25, 0.3) is 0 Å². The highest BCUT2D eigenvalue weighted by atomic mass is 35.5. The molecule has 29 heavy (non-hydrogen) atoms. The van der Waals surface area contributed by atoms with E-state index in [0.29, 0.717) is 18.1 Å². The standard InChI is InChI=1S/C24H20ClF2NO/c1-17(29)2-7-20-14-21(25)8-13-24(20)28(15-18-3-9-22(26)10-4-18)16-19-5-11-23(27)12-6-19/h2-14H,15-16H2,1H3/b7-2+. The number of hydrogen-bond acceptors (Lipinski definition) is 2. The number of carbonyl (C=O) groups excluding carboxylic acids is 1. The van der Waals surface area contributed by atoms with Crippen LogP contribution in [0.3, 0.4) is 0 Å². The fraction of sp³-hybridized carbons (Fsp3) is 0.125. The molecule has 0 spiro atoms. The lowest BCUT2D eigenvalue weighted by Gasteiger charge is -2.27. The maximum atomic E-state index is 13.3. The van der Waals surface area contributed by atoms with E-state index in [-0.39, 0.29) is 17.4 Å². The summed E-state index contributed by atoms with van der Waals surface area (Å²) >= 11 is 6.17. The molecule has 0 fully saturated rings. The second-order valence-corrected chi connectivity index (χ2v) is 7.19. The molecule has 148 valence electrons. The molecule has 3 aromatic rings. The van der Waals surface area contributed by atoms with Crippen molar-refractivity contribution < 1.29 is 13.6 Å². The summed E-state index contributed by atoms with van der Waals surface area (Å²) in [6.07, 6.45) is 3.22. The molecule has 5 heteroatoms. The Morgan fingerprint density at radius 2 is 1.41 bits per heavy atom. The monoisotopic (exact) mass is 411 g/mol. The highest BCUT2D eigenvalue weighted by molar-refractivity contribution is 6.30. The van der Waals surface area contributed by atoms with Gasteiger partial charge in [0.15, 0.2) is 5.78 Å². The third-order valence-corrected chi connectivity index (χ3v) is 4.64. The summed E-state index contributed by atoms with van der Waals surface area (Å²) in [5, 5.41) is 0.556. The van der Waals surface area contributed by atoms with E-state index in [2.05, 4.69) is 4.90 Å². The molecule has 0 unspecified atom stereocenters. The van der Waals surface area contributed by atoms with Gasteiger partial charge < -0.3 is 4.90 Å². The third kappa shape index (κ3) is 6.00. The molecule has 0 heterocycles. The first-order valence-corrected chi connectivity index (χ1v) is 9.50. The molecule has 0 aliphatic heterocycles. The third-order valence-electron chi connectivity index (χ3n) is 4.40. The minimum absolute atomic E-state index is 0.0699. The number of ketones is 1. The second-order valence-electron chi connectivity index (χ2n) is 6.76. The van der Waals surface area contributed by atoms with Gasteiger partial charge in [-0.15, -0.1) is 0 Å². The Morgan fingerprint density at radius 1 is 0.897 bits per heavy atom. The molecule has 0 aliphatic carbocycles. The summed E-state index contributed by atoms with van der Waals surface area (Å²) < 4.78 is 26.6. The Hall–Kier alpha value is -2.98. The first kappa shape index (κ1) is 20.7. The number of anilines is 1. The lowest BCUT2D eigenvalue weighted by Crippen LogP contribution is -2.23. The zero-order chi connectivity index (χ0) is 20.8. The number of benzene rings is 3. The van der Waals surface area contributed by atoms with E-state index in [1.807, 2.05) is 6.07 Å². The van der Waals surface area contributed by atoms with E-state index >= 15 is 0 Å². The number of hydrogen-bond donors (Lipinski definition) is 0. The van der Waals surface area contributed by atoms with Crippen LogP contribution in [0.25, 0.3) is 6.08 Å². The summed E-state index contributed by atoms with van der Waals surface area (Å²) in [5.41, 5.74) is 3.49. The second kappa shape index (κ2) is 9.48. The summed E-state index contributed by atoms with van der Waals surface area (Å²) in [5.74, 6) is -0.662. The quantitative estimate of drug-likeness (QED) is 0.418. The zero-order valence-electron chi connectivity index (χ0n) is 15.9. The number of allylic oxidation sites excluding steroid dienone is 1. The van der Waals surface area contributed by atoms with Crippen molar-refractivity contribution in [2.45, 2.75) is 20.0 Å². The van der Waals surface area contributed by atoms with Crippen LogP contribution in [0.2, 0.25) is 5.02 Å². The molecule has 0 aromatic heterocycles. The molecule has 3 rings (SSSR count).